The van der Waals surface area contributed by atoms with E-state index in [0.717, 1.165) is 5.69 Å². The van der Waals surface area contributed by atoms with E-state index in [2.05, 4.69) is 9.88 Å². The number of aromatic nitrogens is 1. The Kier molecular flexibility index (Phi) is 4.68. The van der Waals surface area contributed by atoms with Crippen molar-refractivity contribution in [1.82, 2.24) is 9.88 Å². The lowest BCUT2D eigenvalue weighted by molar-refractivity contribution is 0.0746. The number of oxazole rings is 1. The van der Waals surface area contributed by atoms with Crippen LogP contribution in [0, 0.1) is 0 Å². The first-order valence-electron chi connectivity index (χ1n) is 8.98. The lowest BCUT2D eigenvalue weighted by Gasteiger charge is -2.36. The zero-order valence-corrected chi connectivity index (χ0v) is 15.7. The third-order valence-corrected chi connectivity index (χ3v) is 4.97. The van der Waals surface area contributed by atoms with Crippen molar-refractivity contribution in [3.8, 4) is 11.5 Å². The predicted molar refractivity (Wildman–Crippen MR) is 104 cm³/mol. The maximum absolute atomic E-state index is 12.8. The van der Waals surface area contributed by atoms with Crippen LogP contribution in [0.25, 0.3) is 11.1 Å². The fourth-order valence-electron chi connectivity index (χ4n) is 3.46. The van der Waals surface area contributed by atoms with Crippen LogP contribution in [0.15, 0.2) is 45.6 Å². The van der Waals surface area contributed by atoms with E-state index in [1.54, 1.807) is 38.5 Å². The van der Waals surface area contributed by atoms with Crippen LogP contribution in [0.2, 0.25) is 0 Å². The van der Waals surface area contributed by atoms with Gasteiger partial charge in [0.25, 0.3) is 5.91 Å². The van der Waals surface area contributed by atoms with E-state index >= 15 is 0 Å². The Hall–Kier alpha value is -3.42. The van der Waals surface area contributed by atoms with Gasteiger partial charge in [-0.15, -0.1) is 0 Å². The van der Waals surface area contributed by atoms with Crippen molar-refractivity contribution < 1.29 is 18.7 Å². The highest BCUT2D eigenvalue weighted by molar-refractivity contribution is 5.95. The smallest absolute Gasteiger partial charge is 0.417 e. The number of aromatic amines is 1. The average Bonchev–Trinajstić information content (AvgIpc) is 3.12. The number of carbonyl (C=O) groups is 1. The molecule has 0 bridgehead atoms. The van der Waals surface area contributed by atoms with Gasteiger partial charge in [-0.05, 0) is 36.4 Å². The number of hydrogen-bond donors (Lipinski definition) is 1. The number of carbonyl (C=O) groups excluding carboxylic acids is 1. The third-order valence-electron chi connectivity index (χ3n) is 4.97. The van der Waals surface area contributed by atoms with Crippen molar-refractivity contribution in [2.24, 2.45) is 0 Å². The molecule has 146 valence electrons. The molecule has 1 amide bonds. The number of fused-ring (bicyclic) bond motifs is 1. The summed E-state index contributed by atoms with van der Waals surface area (Å²) in [4.78, 5) is 30.8. The first kappa shape index (κ1) is 18.0. The minimum Gasteiger partial charge on any atom is -0.493 e. The molecule has 1 aliphatic heterocycles. The van der Waals surface area contributed by atoms with Crippen molar-refractivity contribution in [3.05, 3.63) is 52.5 Å². The molecule has 8 nitrogen and oxygen atoms in total. The molecule has 2 aromatic carbocycles. The van der Waals surface area contributed by atoms with Crippen molar-refractivity contribution in [1.29, 1.82) is 0 Å². The van der Waals surface area contributed by atoms with E-state index < -0.39 is 5.76 Å². The number of anilines is 1. The Balaban J connectivity index is 1.45. The molecule has 0 radical (unpaired) electrons. The van der Waals surface area contributed by atoms with Gasteiger partial charge in [-0.3, -0.25) is 9.78 Å². The molecule has 1 saturated heterocycles. The lowest BCUT2D eigenvalue weighted by atomic mass is 10.1. The third kappa shape index (κ3) is 3.28. The maximum atomic E-state index is 12.8. The fraction of sp³-hybridized carbons (Fsp3) is 0.300. The molecule has 8 heteroatoms. The highest BCUT2D eigenvalue weighted by Crippen LogP contribution is 2.28. The Bertz CT molecular complexity index is 1060. The zero-order chi connectivity index (χ0) is 19.7. The largest absolute Gasteiger partial charge is 0.493 e. The summed E-state index contributed by atoms with van der Waals surface area (Å²) in [6, 6.07) is 10.8. The van der Waals surface area contributed by atoms with Crippen LogP contribution >= 0.6 is 0 Å². The maximum Gasteiger partial charge on any atom is 0.417 e. The number of nitrogens with zero attached hydrogens (tertiary/aromatic N) is 2. The average molecular weight is 383 g/mol. The molecule has 1 fully saturated rings. The first-order chi connectivity index (χ1) is 13.6. The van der Waals surface area contributed by atoms with Crippen LogP contribution < -0.4 is 20.1 Å². The first-order valence-corrected chi connectivity index (χ1v) is 8.98. The highest BCUT2D eigenvalue weighted by atomic mass is 16.5. The van der Waals surface area contributed by atoms with Gasteiger partial charge in [-0.25, -0.2) is 4.79 Å². The van der Waals surface area contributed by atoms with E-state index in [4.69, 9.17) is 13.9 Å². The Morgan fingerprint density at radius 3 is 2.46 bits per heavy atom. The molecule has 0 spiro atoms. The Morgan fingerprint density at radius 1 is 1.00 bits per heavy atom. The van der Waals surface area contributed by atoms with Crippen molar-refractivity contribution in [2.75, 3.05) is 45.3 Å². The summed E-state index contributed by atoms with van der Waals surface area (Å²) in [6.45, 7) is 2.61. The molecule has 2 heterocycles. The SMILES string of the molecule is COc1ccc(C(=O)N2CCN(c3ccc4oc(=O)[nH]c4c3)CC2)cc1OC. The Morgan fingerprint density at radius 2 is 1.75 bits per heavy atom. The van der Waals surface area contributed by atoms with E-state index in [-0.39, 0.29) is 5.91 Å². The van der Waals surface area contributed by atoms with E-state index in [9.17, 15) is 9.59 Å². The second-order valence-corrected chi connectivity index (χ2v) is 6.54. The van der Waals surface area contributed by atoms with Gasteiger partial charge in [0.15, 0.2) is 17.1 Å². The van der Waals surface area contributed by atoms with Crippen LogP contribution in [0.5, 0.6) is 11.5 Å². The van der Waals surface area contributed by atoms with Gasteiger partial charge in [0.2, 0.25) is 0 Å². The molecule has 0 saturated carbocycles. The molecule has 0 unspecified atom stereocenters. The highest BCUT2D eigenvalue weighted by Gasteiger charge is 2.23. The lowest BCUT2D eigenvalue weighted by Crippen LogP contribution is -2.48. The number of amides is 1. The van der Waals surface area contributed by atoms with Gasteiger partial charge in [-0.2, -0.15) is 0 Å². The van der Waals surface area contributed by atoms with Gasteiger partial charge in [0.1, 0.15) is 0 Å². The predicted octanol–water partition coefficient (Wildman–Crippen LogP) is 2.10. The van der Waals surface area contributed by atoms with Gasteiger partial charge in [0, 0.05) is 37.4 Å². The Labute approximate surface area is 161 Å². The molecule has 0 aliphatic carbocycles. The molecule has 4 rings (SSSR count). The molecule has 1 aromatic heterocycles. The molecule has 3 aromatic rings. The van der Waals surface area contributed by atoms with Crippen molar-refractivity contribution >= 4 is 22.7 Å². The van der Waals surface area contributed by atoms with Crippen LogP contribution in [0.1, 0.15) is 10.4 Å². The normalized spacial score (nSPS) is 14.4. The molecule has 28 heavy (non-hydrogen) atoms. The van der Waals surface area contributed by atoms with Gasteiger partial charge in [0.05, 0.1) is 19.7 Å². The number of rotatable bonds is 4. The number of methoxy groups -OCH3 is 2. The van der Waals surface area contributed by atoms with Crippen LogP contribution in [-0.4, -0.2) is 56.2 Å². The summed E-state index contributed by atoms with van der Waals surface area (Å²) in [6.07, 6.45) is 0. The van der Waals surface area contributed by atoms with E-state index in [1.165, 1.54) is 0 Å². The number of H-pyrrole nitrogens is 1. The van der Waals surface area contributed by atoms with Crippen LogP contribution in [0.4, 0.5) is 5.69 Å². The topological polar surface area (TPSA) is 88.0 Å². The van der Waals surface area contributed by atoms with E-state index in [0.29, 0.717) is 54.3 Å². The quantitative estimate of drug-likeness (QED) is 0.742. The van der Waals surface area contributed by atoms with Gasteiger partial charge in [-0.1, -0.05) is 0 Å². The molecule has 1 aliphatic rings. The van der Waals surface area contributed by atoms with E-state index in [1.807, 2.05) is 17.0 Å². The number of nitrogens with one attached hydrogen (secondary N) is 1. The van der Waals surface area contributed by atoms with Gasteiger partial charge >= 0.3 is 5.76 Å². The fourth-order valence-corrected chi connectivity index (χ4v) is 3.46. The van der Waals surface area contributed by atoms with Gasteiger partial charge < -0.3 is 23.7 Å². The summed E-state index contributed by atoms with van der Waals surface area (Å²) in [7, 11) is 3.12. The zero-order valence-electron chi connectivity index (χ0n) is 15.7. The monoisotopic (exact) mass is 383 g/mol. The number of piperazine rings is 1. The minimum atomic E-state index is -0.461. The standard InChI is InChI=1S/C20H21N3O5/c1-26-17-5-3-13(11-18(17)27-2)19(24)23-9-7-22(8-10-23)14-4-6-16-15(12-14)21-20(25)28-16/h3-6,11-12H,7-10H2,1-2H3,(H,21,25). The number of benzene rings is 2. The number of hydrogen-bond acceptors (Lipinski definition) is 6. The minimum absolute atomic E-state index is 0.0322. The molecular formula is C20H21N3O5. The van der Waals surface area contributed by atoms with Crippen molar-refractivity contribution in [3.63, 3.8) is 0 Å². The van der Waals surface area contributed by atoms with Crippen LogP contribution in [0.3, 0.4) is 0 Å². The molecular weight excluding hydrogens is 362 g/mol. The molecule has 0 atom stereocenters. The van der Waals surface area contributed by atoms with Crippen LogP contribution in [-0.2, 0) is 0 Å². The summed E-state index contributed by atoms with van der Waals surface area (Å²) in [5, 5.41) is 0. The summed E-state index contributed by atoms with van der Waals surface area (Å²) >= 11 is 0. The molecule has 1 N–H and O–H groups in total. The summed E-state index contributed by atoms with van der Waals surface area (Å²) < 4.78 is 15.6. The second-order valence-electron chi connectivity index (χ2n) is 6.54. The number of ether oxygens (including phenoxy) is 2. The van der Waals surface area contributed by atoms with Crippen molar-refractivity contribution in [2.45, 2.75) is 0 Å². The summed E-state index contributed by atoms with van der Waals surface area (Å²) in [5.41, 5.74) is 2.77. The summed E-state index contributed by atoms with van der Waals surface area (Å²) in [5.74, 6) is 0.638. The second kappa shape index (κ2) is 7.30.